The normalized spacial score (nSPS) is 21.5. The number of nitrogens with zero attached hydrogens (tertiary/aromatic N) is 1. The second-order valence-corrected chi connectivity index (χ2v) is 7.13. The Morgan fingerprint density at radius 1 is 1.08 bits per heavy atom. The van der Waals surface area contributed by atoms with Crippen LogP contribution in [0, 0.1) is 11.8 Å². The summed E-state index contributed by atoms with van der Waals surface area (Å²) in [7, 11) is 1.37. The zero-order chi connectivity index (χ0) is 18.0. The van der Waals surface area contributed by atoms with Crippen LogP contribution in [0.25, 0.3) is 0 Å². The Bertz CT molecular complexity index is 682. The Hall–Kier alpha value is -1.88. The maximum Gasteiger partial charge on any atom is 0.333 e. The third-order valence-corrected chi connectivity index (χ3v) is 5.12. The fraction of sp³-hybridized carbons (Fsp3) is 0.526. The summed E-state index contributed by atoms with van der Waals surface area (Å²) in [5.41, 5.74) is 2.05. The zero-order valence-corrected chi connectivity index (χ0v) is 15.0. The molecular weight excluding hydrogens is 342 g/mol. The molecule has 1 unspecified atom stereocenters. The van der Waals surface area contributed by atoms with Gasteiger partial charge in [0.2, 0.25) is 11.1 Å². The van der Waals surface area contributed by atoms with Crippen LogP contribution >= 0.6 is 11.6 Å². The van der Waals surface area contributed by atoms with Crippen molar-refractivity contribution in [2.75, 3.05) is 13.7 Å². The van der Waals surface area contributed by atoms with Crippen LogP contribution in [-0.4, -0.2) is 35.7 Å². The van der Waals surface area contributed by atoms with Gasteiger partial charge in [0.15, 0.2) is 6.04 Å². The van der Waals surface area contributed by atoms with Crippen LogP contribution in [-0.2, 0) is 25.5 Å². The quantitative estimate of drug-likeness (QED) is 0.612. The third-order valence-electron chi connectivity index (χ3n) is 4.82. The molecule has 1 atom stereocenters. The number of ether oxygens (including phenoxy) is 1. The lowest BCUT2D eigenvalue weighted by molar-refractivity contribution is -0.154. The van der Waals surface area contributed by atoms with Gasteiger partial charge in [-0.05, 0) is 54.8 Å². The van der Waals surface area contributed by atoms with E-state index in [1.807, 2.05) is 24.3 Å². The maximum absolute atomic E-state index is 12.3. The summed E-state index contributed by atoms with van der Waals surface area (Å²) in [4.78, 5) is 36.1. The van der Waals surface area contributed by atoms with E-state index in [2.05, 4.69) is 0 Å². The van der Waals surface area contributed by atoms with Gasteiger partial charge >= 0.3 is 5.97 Å². The molecule has 0 N–H and O–H groups in total. The van der Waals surface area contributed by atoms with E-state index in [-0.39, 0.29) is 29.0 Å². The average Bonchev–Trinajstić information content (AvgIpc) is 3.51. The van der Waals surface area contributed by atoms with Gasteiger partial charge in [-0.2, -0.15) is 0 Å². The number of esters is 1. The number of amides is 1. The van der Waals surface area contributed by atoms with Gasteiger partial charge in [-0.15, -0.1) is 0 Å². The smallest absolute Gasteiger partial charge is 0.333 e. The number of halogens is 1. The van der Waals surface area contributed by atoms with Crippen molar-refractivity contribution >= 4 is 28.7 Å². The molecule has 0 bridgehead atoms. The van der Waals surface area contributed by atoms with Gasteiger partial charge in [-0.25, -0.2) is 4.79 Å². The lowest BCUT2D eigenvalue weighted by Gasteiger charge is -2.35. The standard InChI is InChI=1S/C15H17NO3.C4H5ClO/c1-19-15(18)13-12-5-3-2-4-10(12)8-9-16(13)14(17)11-6-7-11;5-4(6)3-1-2-3/h2-5,11,13H,6-9H2,1H3;3H,1-2H2. The number of hydrogen-bond acceptors (Lipinski definition) is 4. The van der Waals surface area contributed by atoms with Crippen LogP contribution in [0.4, 0.5) is 0 Å². The molecular formula is C19H22ClNO4. The van der Waals surface area contributed by atoms with Crippen LogP contribution in [0.15, 0.2) is 24.3 Å². The largest absolute Gasteiger partial charge is 0.467 e. The summed E-state index contributed by atoms with van der Waals surface area (Å²) in [6, 6.07) is 7.24. The molecule has 134 valence electrons. The molecule has 6 heteroatoms. The lowest BCUT2D eigenvalue weighted by Crippen LogP contribution is -2.44. The predicted octanol–water partition coefficient (Wildman–Crippen LogP) is 2.86. The highest BCUT2D eigenvalue weighted by Gasteiger charge is 2.42. The number of fused-ring (bicyclic) bond motifs is 1. The highest BCUT2D eigenvalue weighted by Crippen LogP contribution is 2.37. The van der Waals surface area contributed by atoms with Gasteiger partial charge in [0.1, 0.15) is 0 Å². The summed E-state index contributed by atoms with van der Waals surface area (Å²) in [5, 5.41) is -0.157. The molecule has 3 aliphatic rings. The zero-order valence-electron chi connectivity index (χ0n) is 14.2. The van der Waals surface area contributed by atoms with Crippen LogP contribution in [0.2, 0.25) is 0 Å². The van der Waals surface area contributed by atoms with Gasteiger partial charge in [-0.1, -0.05) is 24.3 Å². The first kappa shape index (κ1) is 17.9. The van der Waals surface area contributed by atoms with E-state index in [1.54, 1.807) is 4.90 Å². The number of hydrogen-bond donors (Lipinski definition) is 0. The summed E-state index contributed by atoms with van der Waals surface area (Å²) < 4.78 is 4.89. The van der Waals surface area contributed by atoms with Crippen molar-refractivity contribution in [2.24, 2.45) is 11.8 Å². The molecule has 2 fully saturated rings. The highest BCUT2D eigenvalue weighted by atomic mass is 35.5. The monoisotopic (exact) mass is 363 g/mol. The average molecular weight is 364 g/mol. The van der Waals surface area contributed by atoms with Crippen molar-refractivity contribution in [3.8, 4) is 0 Å². The second kappa shape index (κ2) is 7.56. The van der Waals surface area contributed by atoms with E-state index in [0.29, 0.717) is 6.54 Å². The summed E-state index contributed by atoms with van der Waals surface area (Å²) in [5.74, 6) is 0.107. The van der Waals surface area contributed by atoms with Gasteiger partial charge < -0.3 is 9.64 Å². The number of methoxy groups -OCH3 is 1. The van der Waals surface area contributed by atoms with Crippen molar-refractivity contribution in [1.82, 2.24) is 4.90 Å². The molecule has 25 heavy (non-hydrogen) atoms. The van der Waals surface area contributed by atoms with E-state index in [9.17, 15) is 14.4 Å². The molecule has 2 saturated carbocycles. The van der Waals surface area contributed by atoms with E-state index in [0.717, 1.165) is 43.2 Å². The number of benzene rings is 1. The molecule has 1 aromatic rings. The number of carbonyl (C=O) groups excluding carboxylic acids is 3. The minimum atomic E-state index is -0.567. The van der Waals surface area contributed by atoms with E-state index < -0.39 is 6.04 Å². The highest BCUT2D eigenvalue weighted by molar-refractivity contribution is 6.64. The van der Waals surface area contributed by atoms with Crippen LogP contribution in [0.5, 0.6) is 0 Å². The predicted molar refractivity (Wildman–Crippen MR) is 92.9 cm³/mol. The molecule has 0 spiro atoms. The molecule has 4 rings (SSSR count). The topological polar surface area (TPSA) is 63.7 Å². The van der Waals surface area contributed by atoms with Crippen molar-refractivity contribution in [3.05, 3.63) is 35.4 Å². The van der Waals surface area contributed by atoms with Crippen LogP contribution < -0.4 is 0 Å². The van der Waals surface area contributed by atoms with Crippen molar-refractivity contribution in [2.45, 2.75) is 38.1 Å². The van der Waals surface area contributed by atoms with Gasteiger partial charge in [0.05, 0.1) is 7.11 Å². The first-order valence-corrected chi connectivity index (χ1v) is 9.06. The van der Waals surface area contributed by atoms with Crippen molar-refractivity contribution in [3.63, 3.8) is 0 Å². The molecule has 2 aliphatic carbocycles. The minimum Gasteiger partial charge on any atom is -0.467 e. The maximum atomic E-state index is 12.3. The molecule has 1 heterocycles. The van der Waals surface area contributed by atoms with Gasteiger partial charge in [0, 0.05) is 18.4 Å². The van der Waals surface area contributed by atoms with Crippen LogP contribution in [0.3, 0.4) is 0 Å². The third kappa shape index (κ3) is 4.21. The van der Waals surface area contributed by atoms with Crippen molar-refractivity contribution in [1.29, 1.82) is 0 Å². The van der Waals surface area contributed by atoms with Crippen molar-refractivity contribution < 1.29 is 19.1 Å². The van der Waals surface area contributed by atoms with Gasteiger partial charge in [0.25, 0.3) is 0 Å². The Morgan fingerprint density at radius 3 is 2.24 bits per heavy atom. The summed E-state index contributed by atoms with van der Waals surface area (Å²) >= 11 is 5.04. The fourth-order valence-corrected chi connectivity index (χ4v) is 3.26. The minimum absolute atomic E-state index is 0.102. The second-order valence-electron chi connectivity index (χ2n) is 6.76. The van der Waals surface area contributed by atoms with E-state index in [1.165, 1.54) is 7.11 Å². The molecule has 1 aliphatic heterocycles. The Balaban J connectivity index is 0.000000258. The first-order chi connectivity index (χ1) is 12.0. The summed E-state index contributed by atoms with van der Waals surface area (Å²) in [6.07, 6.45) is 4.74. The molecule has 5 nitrogen and oxygen atoms in total. The van der Waals surface area contributed by atoms with Crippen LogP contribution in [0.1, 0.15) is 42.9 Å². The molecule has 1 amide bonds. The number of rotatable bonds is 3. The molecule has 0 saturated heterocycles. The Labute approximate surface area is 152 Å². The number of carbonyl (C=O) groups is 3. The molecule has 0 aromatic heterocycles. The molecule has 1 aromatic carbocycles. The van der Waals surface area contributed by atoms with E-state index in [4.69, 9.17) is 16.3 Å². The molecule has 0 radical (unpaired) electrons. The lowest BCUT2D eigenvalue weighted by atomic mass is 9.92. The Kier molecular flexibility index (Phi) is 5.42. The fourth-order valence-electron chi connectivity index (χ4n) is 3.04. The first-order valence-electron chi connectivity index (χ1n) is 8.68. The van der Waals surface area contributed by atoms with Gasteiger partial charge in [-0.3, -0.25) is 9.59 Å². The summed E-state index contributed by atoms with van der Waals surface area (Å²) in [6.45, 7) is 0.603. The van der Waals surface area contributed by atoms with E-state index >= 15 is 0 Å². The Morgan fingerprint density at radius 2 is 1.72 bits per heavy atom. The SMILES string of the molecule is COC(=O)C1c2ccccc2CCN1C(=O)C1CC1.O=C(Cl)C1CC1.